The number of thiazole rings is 1. The van der Waals surface area contributed by atoms with Crippen molar-refractivity contribution in [2.75, 3.05) is 74.7 Å². The lowest BCUT2D eigenvalue weighted by Gasteiger charge is -2.69. The van der Waals surface area contributed by atoms with Gasteiger partial charge in [0.15, 0.2) is 22.5 Å². The lowest BCUT2D eigenvalue weighted by molar-refractivity contribution is -0.248. The van der Waals surface area contributed by atoms with Crippen molar-refractivity contribution in [2.45, 2.75) is 149 Å². The van der Waals surface area contributed by atoms with Gasteiger partial charge in [0.05, 0.1) is 48.4 Å². The third kappa shape index (κ3) is 16.7. The van der Waals surface area contributed by atoms with Crippen LogP contribution in [0.5, 0.6) is 0 Å². The number of rotatable bonds is 32. The Balaban J connectivity index is 0.689. The third-order valence-corrected chi connectivity index (χ3v) is 20.6. The first-order valence-electron chi connectivity index (χ1n) is 34.2. The number of anilines is 5. The van der Waals surface area contributed by atoms with E-state index in [1.54, 1.807) is 60.5 Å². The van der Waals surface area contributed by atoms with Crippen LogP contribution in [0.2, 0.25) is 0 Å². The second kappa shape index (κ2) is 30.6. The smallest absolute Gasteiger partial charge is 0.410 e. The minimum atomic E-state index is -1.16. The Kier molecular flexibility index (Phi) is 22.0. The molecule has 0 saturated heterocycles. The van der Waals surface area contributed by atoms with Gasteiger partial charge in [-0.3, -0.25) is 33.6 Å². The van der Waals surface area contributed by atoms with E-state index in [0.717, 1.165) is 88.4 Å². The topological polar surface area (TPSA) is 370 Å². The molecule has 532 valence electrons. The average molecular weight is 1390 g/mol. The highest BCUT2D eigenvalue weighted by molar-refractivity contribution is 7.22. The molecule has 0 spiro atoms. The van der Waals surface area contributed by atoms with Gasteiger partial charge in [-0.05, 0) is 149 Å². The van der Waals surface area contributed by atoms with E-state index < -0.39 is 71.2 Å². The zero-order valence-corrected chi connectivity index (χ0v) is 58.2. The summed E-state index contributed by atoms with van der Waals surface area (Å²) in [7, 11) is 0. The molecule has 12 rings (SSSR count). The molecule has 4 aromatic heterocycles. The van der Waals surface area contributed by atoms with Crippen molar-refractivity contribution < 1.29 is 62.8 Å². The number of hydrogen-bond acceptors (Lipinski definition) is 20. The molecule has 2 unspecified atom stereocenters. The SMILES string of the molecule is Cc1c(Nc2nc3ccccc3s2)nnc2c1CCCN2c1ccc(-c2cnn(CC34CC5(C)CC(C)(C3)CC(OCCN(CCCO)C(=O)OCc3ccc(NC(=O)[C@H](CCCNC(N)=O)NC(=O)[C@@H](NC(=O)CCOCCN6C(=O)C=CC6=O)C(C)C)cc3)(C5)C4)c2C)c(C(=O)O)n1. The van der Waals surface area contributed by atoms with Crippen molar-refractivity contribution in [1.29, 1.82) is 0 Å². The second-order valence-electron chi connectivity index (χ2n) is 28.3. The van der Waals surface area contributed by atoms with E-state index in [-0.39, 0.29) is 100 Å². The van der Waals surface area contributed by atoms with Crippen LogP contribution in [-0.2, 0) is 57.8 Å². The van der Waals surface area contributed by atoms with Gasteiger partial charge >= 0.3 is 18.1 Å². The average Bonchev–Trinajstić information content (AvgIpc) is 0.763. The number of carbonyl (C=O) groups is 8. The Bertz CT molecular complexity index is 4030. The number of nitrogens with one attached hydrogen (secondary N) is 5. The van der Waals surface area contributed by atoms with Gasteiger partial charge in [-0.25, -0.2) is 24.4 Å². The first-order chi connectivity index (χ1) is 47.8. The molecular formula is C71H89N15O13S. The van der Waals surface area contributed by atoms with Gasteiger partial charge < -0.3 is 66.5 Å². The molecular weight excluding hydrogens is 1300 g/mol. The molecule has 8 amide bonds. The minimum absolute atomic E-state index is 0.0192. The second-order valence-corrected chi connectivity index (χ2v) is 29.4. The van der Waals surface area contributed by atoms with E-state index in [4.69, 9.17) is 35.0 Å². The molecule has 0 radical (unpaired) electrons. The van der Waals surface area contributed by atoms with E-state index in [2.05, 4.69) is 50.6 Å². The van der Waals surface area contributed by atoms with Crippen LogP contribution in [0.3, 0.4) is 0 Å². The van der Waals surface area contributed by atoms with Crippen LogP contribution in [0.4, 0.5) is 37.9 Å². The van der Waals surface area contributed by atoms with Crippen LogP contribution in [0, 0.1) is 36.0 Å². The number of urea groups is 1. The minimum Gasteiger partial charge on any atom is -0.476 e. The first kappa shape index (κ1) is 71.8. The Labute approximate surface area is 583 Å². The summed E-state index contributed by atoms with van der Waals surface area (Å²) in [6, 6.07) is 15.4. The maximum atomic E-state index is 13.9. The Morgan fingerprint density at radius 3 is 2.29 bits per heavy atom. The number of nitrogens with zero attached hydrogens (tertiary/aromatic N) is 9. The van der Waals surface area contributed by atoms with Crippen molar-refractivity contribution >= 4 is 97.5 Å². The Morgan fingerprint density at radius 2 is 1.58 bits per heavy atom. The number of aromatic carboxylic acids is 1. The molecule has 2 aromatic carbocycles. The number of aliphatic hydroxyl groups is 1. The highest BCUT2D eigenvalue weighted by Gasteiger charge is 2.66. The molecule has 28 nitrogen and oxygen atoms in total. The van der Waals surface area contributed by atoms with Gasteiger partial charge in [-0.1, -0.05) is 63.3 Å². The van der Waals surface area contributed by atoms with Crippen molar-refractivity contribution in [2.24, 2.45) is 27.9 Å². The highest BCUT2D eigenvalue weighted by Crippen LogP contribution is 2.72. The van der Waals surface area contributed by atoms with Crippen LogP contribution in [-0.4, -0.2) is 174 Å². The predicted octanol–water partition coefficient (Wildman–Crippen LogP) is 7.99. The summed E-state index contributed by atoms with van der Waals surface area (Å²) in [5.74, 6) is -2.38. The van der Waals surface area contributed by atoms with Gasteiger partial charge in [-0.15, -0.1) is 10.2 Å². The van der Waals surface area contributed by atoms with E-state index >= 15 is 0 Å². The fraction of sp³-hybridized carbons (Fsp3) is 0.507. The molecule has 4 atom stereocenters. The van der Waals surface area contributed by atoms with Crippen LogP contribution in [0.1, 0.15) is 131 Å². The largest absolute Gasteiger partial charge is 0.476 e. The van der Waals surface area contributed by atoms with Crippen LogP contribution < -0.4 is 37.2 Å². The number of hydrogen-bond donors (Lipinski definition) is 8. The highest BCUT2D eigenvalue weighted by atomic mass is 32.1. The maximum Gasteiger partial charge on any atom is 0.410 e. The normalized spacial score (nSPS) is 21.1. The Morgan fingerprint density at radius 1 is 0.830 bits per heavy atom. The number of carbonyl (C=O) groups excluding carboxylic acids is 7. The predicted molar refractivity (Wildman–Crippen MR) is 373 cm³/mol. The number of para-hydroxylation sites is 1. The van der Waals surface area contributed by atoms with Crippen molar-refractivity contribution in [3.63, 3.8) is 0 Å². The van der Waals surface area contributed by atoms with Crippen molar-refractivity contribution in [3.8, 4) is 11.1 Å². The quantitative estimate of drug-likeness (QED) is 0.0146. The van der Waals surface area contributed by atoms with Crippen LogP contribution >= 0.6 is 11.3 Å². The van der Waals surface area contributed by atoms with E-state index in [9.17, 15) is 48.6 Å². The number of imide groups is 1. The summed E-state index contributed by atoms with van der Waals surface area (Å²) >= 11 is 1.54. The number of amides is 8. The van der Waals surface area contributed by atoms with E-state index in [0.29, 0.717) is 59.3 Å². The number of nitrogens with two attached hydrogens (primary N) is 1. The molecule has 4 aliphatic carbocycles. The summed E-state index contributed by atoms with van der Waals surface area (Å²) < 4.78 is 21.5. The number of primary amides is 1. The van der Waals surface area contributed by atoms with Crippen LogP contribution in [0.15, 0.2) is 79.0 Å². The van der Waals surface area contributed by atoms with Gasteiger partial charge in [0.1, 0.15) is 24.5 Å². The molecule has 4 bridgehead atoms. The lowest BCUT2D eigenvalue weighted by Crippen LogP contribution is -2.64. The summed E-state index contributed by atoms with van der Waals surface area (Å²) in [5.41, 5.74) is 10.3. The van der Waals surface area contributed by atoms with Gasteiger partial charge in [0.25, 0.3) is 11.8 Å². The monoisotopic (exact) mass is 1390 g/mol. The summed E-state index contributed by atoms with van der Waals surface area (Å²) in [6.07, 6.45) is 11.2. The molecule has 6 heterocycles. The number of aliphatic hydroxyl groups excluding tert-OH is 1. The van der Waals surface area contributed by atoms with E-state index in [1.165, 1.54) is 12.2 Å². The molecule has 6 aliphatic rings. The fourth-order valence-electron chi connectivity index (χ4n) is 16.2. The van der Waals surface area contributed by atoms with Crippen molar-refractivity contribution in [3.05, 3.63) is 107 Å². The molecule has 4 saturated carbocycles. The summed E-state index contributed by atoms with van der Waals surface area (Å²) in [4.78, 5) is 117. The third-order valence-electron chi connectivity index (χ3n) is 19.7. The molecule has 29 heteroatoms. The Hall–Kier alpha value is -9.45. The molecule has 100 heavy (non-hydrogen) atoms. The maximum absolute atomic E-state index is 13.9. The van der Waals surface area contributed by atoms with Crippen LogP contribution in [0.25, 0.3) is 21.3 Å². The molecule has 4 fully saturated rings. The number of benzene rings is 2. The molecule has 2 aliphatic heterocycles. The first-order valence-corrected chi connectivity index (χ1v) is 35.0. The summed E-state index contributed by atoms with van der Waals surface area (Å²) in [6.45, 7) is 14.0. The molecule has 6 aromatic rings. The molecule has 9 N–H and O–H groups in total. The number of pyridine rings is 1. The van der Waals surface area contributed by atoms with E-state index in [1.807, 2.05) is 59.8 Å². The standard InChI is InChI=1S/C71H89N15O13S/c1-43(2)58(79-55(88)24-31-97-32-29-85-56(89)22-23-57(85)90)63(92)76-52(14-9-25-73-65(72)95)62(91)75-47-18-16-46(17-19-47)35-98-67(96)83(26-11-30-87)28-33-99-71-39-68(5)36-69(6,40-71)38-70(37-68,41-71)42-86-45(4)50(34-74-86)49-20-21-54(78-59(49)64(93)94)84-27-10-12-48-44(3)60(81-82-61(48)84)80-66-77-51-13-7-8-15-53(51)100-66/h7-8,13,15-23,34,43,52,58,87H,9-12,14,24-33,35-42H2,1-6H3,(H,75,91)(H,76,92)(H,79,88)(H,93,94)(H3,72,73,95)(H,77,80,81)/t52-,58-,68?,69?,70?,71?/m0/s1. The van der Waals surface area contributed by atoms with Gasteiger partial charge in [-0.2, -0.15) is 5.10 Å². The summed E-state index contributed by atoms with van der Waals surface area (Å²) in [5, 5.41) is 49.8. The number of fused-ring (bicyclic) bond motifs is 2. The lowest BCUT2D eigenvalue weighted by atomic mass is 9.39. The number of ether oxygens (including phenoxy) is 3. The zero-order valence-electron chi connectivity index (χ0n) is 57.4. The number of carboxylic acids is 1. The number of carboxylic acid groups (broad SMARTS) is 1. The van der Waals surface area contributed by atoms with Crippen molar-refractivity contribution in [1.82, 2.24) is 55.7 Å². The van der Waals surface area contributed by atoms with Gasteiger partial charge in [0, 0.05) is 91.5 Å². The number of aromatic nitrogens is 6. The zero-order chi connectivity index (χ0) is 71.1. The fourth-order valence-corrected chi connectivity index (χ4v) is 17.1. The van der Waals surface area contributed by atoms with Gasteiger partial charge in [0.2, 0.25) is 17.7 Å².